The van der Waals surface area contributed by atoms with Gasteiger partial charge < -0.3 is 9.50 Å². The molecule has 0 atom stereocenters. The number of nitrogens with zero attached hydrogens (tertiary/aromatic N) is 1. The number of amides is 2. The Hall–Kier alpha value is -3.20. The monoisotopic (exact) mass is 375 g/mol. The Morgan fingerprint density at radius 1 is 1.00 bits per heavy atom. The fraction of sp³-hybridized carbons (Fsp3) is 0.118. The van der Waals surface area contributed by atoms with Crippen LogP contribution in [0.5, 0.6) is 5.75 Å². The summed E-state index contributed by atoms with van der Waals surface area (Å²) in [6.07, 6.45) is 1.30. The molecule has 0 saturated heterocycles. The lowest BCUT2D eigenvalue weighted by Gasteiger charge is -2.07. The molecule has 0 fully saturated rings. The molecule has 8 nitrogen and oxygen atoms in total. The summed E-state index contributed by atoms with van der Waals surface area (Å²) in [5.74, 6) is -1.57. The van der Waals surface area contributed by atoms with Crippen LogP contribution in [0.15, 0.2) is 58.5 Å². The van der Waals surface area contributed by atoms with Crippen LogP contribution in [0.1, 0.15) is 11.1 Å². The molecule has 0 heterocycles. The van der Waals surface area contributed by atoms with Gasteiger partial charge in [0.2, 0.25) is 0 Å². The lowest BCUT2D eigenvalue weighted by molar-refractivity contribution is -0.138. The van der Waals surface area contributed by atoms with Gasteiger partial charge in [0.15, 0.2) is 0 Å². The minimum Gasteiger partial charge on any atom is -0.379 e. The fourth-order valence-corrected chi connectivity index (χ4v) is 2.75. The average molecular weight is 375 g/mol. The van der Waals surface area contributed by atoms with Crippen LogP contribution >= 0.6 is 0 Å². The van der Waals surface area contributed by atoms with Crippen molar-refractivity contribution >= 4 is 28.1 Å². The Morgan fingerprint density at radius 2 is 1.62 bits per heavy atom. The summed E-state index contributed by atoms with van der Waals surface area (Å²) in [7, 11) is -2.59. The standard InChI is InChI=1S/C17H17N3O5S/c1-12-3-9-15(10-4-12)26(23,24)25-14-7-5-13(6-8-14)11-19-20-17(22)16(21)18-2/h3-11H,1-2H3,(H,18,21)(H,20,22)/b19-11-. The Kier molecular flexibility index (Phi) is 6.07. The summed E-state index contributed by atoms with van der Waals surface area (Å²) in [4.78, 5) is 22.3. The molecule has 9 heteroatoms. The summed E-state index contributed by atoms with van der Waals surface area (Å²) >= 11 is 0. The Balaban J connectivity index is 2.02. The highest BCUT2D eigenvalue weighted by atomic mass is 32.2. The van der Waals surface area contributed by atoms with E-state index in [-0.39, 0.29) is 10.6 Å². The predicted octanol–water partition coefficient (Wildman–Crippen LogP) is 0.959. The van der Waals surface area contributed by atoms with E-state index in [2.05, 4.69) is 15.8 Å². The molecule has 0 aliphatic rings. The van der Waals surface area contributed by atoms with Gasteiger partial charge in [0.05, 0.1) is 6.21 Å². The minimum atomic E-state index is -3.92. The summed E-state index contributed by atoms with van der Waals surface area (Å²) in [6.45, 7) is 1.86. The third kappa shape index (κ3) is 5.15. The van der Waals surface area contributed by atoms with E-state index in [1.807, 2.05) is 6.92 Å². The third-order valence-corrected chi connectivity index (χ3v) is 4.47. The average Bonchev–Trinajstić information content (AvgIpc) is 2.62. The van der Waals surface area contributed by atoms with Gasteiger partial charge in [0.25, 0.3) is 0 Å². The number of aryl methyl sites for hydroxylation is 1. The number of benzene rings is 2. The van der Waals surface area contributed by atoms with E-state index in [0.717, 1.165) is 5.56 Å². The molecule has 0 spiro atoms. The van der Waals surface area contributed by atoms with E-state index < -0.39 is 21.9 Å². The summed E-state index contributed by atoms with van der Waals surface area (Å²) in [5, 5.41) is 5.79. The van der Waals surface area contributed by atoms with Crippen LogP contribution < -0.4 is 14.9 Å². The van der Waals surface area contributed by atoms with Crippen LogP contribution in [0.3, 0.4) is 0 Å². The molecule has 26 heavy (non-hydrogen) atoms. The maximum atomic E-state index is 12.2. The van der Waals surface area contributed by atoms with Crippen molar-refractivity contribution in [1.82, 2.24) is 10.7 Å². The first-order valence-corrected chi connectivity index (χ1v) is 8.89. The highest BCUT2D eigenvalue weighted by molar-refractivity contribution is 7.87. The second-order valence-electron chi connectivity index (χ2n) is 5.20. The zero-order valence-corrected chi connectivity index (χ0v) is 14.9. The summed E-state index contributed by atoms with van der Waals surface area (Å²) in [6, 6.07) is 12.3. The van der Waals surface area contributed by atoms with E-state index >= 15 is 0 Å². The summed E-state index contributed by atoms with van der Waals surface area (Å²) in [5.41, 5.74) is 3.56. The Morgan fingerprint density at radius 3 is 2.19 bits per heavy atom. The van der Waals surface area contributed by atoms with Gasteiger partial charge in [0.1, 0.15) is 10.6 Å². The molecule has 2 aromatic carbocycles. The van der Waals surface area contributed by atoms with Gasteiger partial charge in [-0.1, -0.05) is 17.7 Å². The van der Waals surface area contributed by atoms with Gasteiger partial charge >= 0.3 is 21.9 Å². The second kappa shape index (κ2) is 8.26. The summed E-state index contributed by atoms with van der Waals surface area (Å²) < 4.78 is 29.5. The van der Waals surface area contributed by atoms with E-state index in [1.165, 1.54) is 37.5 Å². The Bertz CT molecular complexity index is 920. The van der Waals surface area contributed by atoms with E-state index in [4.69, 9.17) is 4.18 Å². The van der Waals surface area contributed by atoms with Crippen LogP contribution in [0.25, 0.3) is 0 Å². The highest BCUT2D eigenvalue weighted by Crippen LogP contribution is 2.19. The van der Waals surface area contributed by atoms with Crippen LogP contribution in [-0.4, -0.2) is 33.5 Å². The molecule has 2 N–H and O–H groups in total. The molecule has 0 saturated carbocycles. The zero-order chi connectivity index (χ0) is 19.2. The quantitative estimate of drug-likeness (QED) is 0.350. The molecule has 0 bridgehead atoms. The van der Waals surface area contributed by atoms with Crippen molar-refractivity contribution in [3.05, 3.63) is 59.7 Å². The van der Waals surface area contributed by atoms with Crippen LogP contribution in [-0.2, 0) is 19.7 Å². The number of likely N-dealkylation sites (N-methyl/N-ethyl adjacent to an activating group) is 1. The van der Waals surface area contributed by atoms with Crippen LogP contribution in [0.4, 0.5) is 0 Å². The lowest BCUT2D eigenvalue weighted by Crippen LogP contribution is -2.35. The lowest BCUT2D eigenvalue weighted by atomic mass is 10.2. The van der Waals surface area contributed by atoms with Crippen molar-refractivity contribution < 1.29 is 22.2 Å². The number of carbonyl (C=O) groups is 2. The number of nitrogens with one attached hydrogen (secondary N) is 2. The number of hydrazone groups is 1. The molecule has 0 aliphatic carbocycles. The van der Waals surface area contributed by atoms with E-state index in [0.29, 0.717) is 5.56 Å². The van der Waals surface area contributed by atoms with Gasteiger partial charge in [-0.25, -0.2) is 5.43 Å². The highest BCUT2D eigenvalue weighted by Gasteiger charge is 2.16. The van der Waals surface area contributed by atoms with Gasteiger partial charge in [-0.2, -0.15) is 13.5 Å². The van der Waals surface area contributed by atoms with Gasteiger partial charge in [-0.3, -0.25) is 9.59 Å². The predicted molar refractivity (Wildman–Crippen MR) is 95.2 cm³/mol. The maximum absolute atomic E-state index is 12.2. The number of hydrogen-bond acceptors (Lipinski definition) is 6. The molecule has 0 radical (unpaired) electrons. The maximum Gasteiger partial charge on any atom is 0.339 e. The third-order valence-electron chi connectivity index (χ3n) is 3.21. The molecule has 136 valence electrons. The van der Waals surface area contributed by atoms with Crippen molar-refractivity contribution in [3.63, 3.8) is 0 Å². The zero-order valence-electron chi connectivity index (χ0n) is 14.1. The molecule has 0 aliphatic heterocycles. The number of hydrogen-bond donors (Lipinski definition) is 2. The SMILES string of the molecule is CNC(=O)C(=O)N/N=C\c1ccc(OS(=O)(=O)c2ccc(C)cc2)cc1. The smallest absolute Gasteiger partial charge is 0.339 e. The van der Waals surface area contributed by atoms with E-state index in [9.17, 15) is 18.0 Å². The van der Waals surface area contributed by atoms with Crippen molar-refractivity contribution in [2.24, 2.45) is 5.10 Å². The number of rotatable bonds is 5. The largest absolute Gasteiger partial charge is 0.379 e. The second-order valence-corrected chi connectivity index (χ2v) is 6.74. The van der Waals surface area contributed by atoms with Crippen molar-refractivity contribution in [2.75, 3.05) is 7.05 Å². The van der Waals surface area contributed by atoms with Crippen LogP contribution in [0.2, 0.25) is 0 Å². The minimum absolute atomic E-state index is 0.0608. The molecular formula is C17H17N3O5S. The van der Waals surface area contributed by atoms with Gasteiger partial charge in [-0.15, -0.1) is 0 Å². The van der Waals surface area contributed by atoms with Gasteiger partial charge in [-0.05, 0) is 48.9 Å². The Labute approximate surface area is 151 Å². The molecule has 0 aromatic heterocycles. The molecule has 2 aromatic rings. The van der Waals surface area contributed by atoms with Crippen molar-refractivity contribution in [1.29, 1.82) is 0 Å². The van der Waals surface area contributed by atoms with Crippen LogP contribution in [0, 0.1) is 6.92 Å². The molecule has 2 amide bonds. The van der Waals surface area contributed by atoms with Crippen molar-refractivity contribution in [2.45, 2.75) is 11.8 Å². The molecular weight excluding hydrogens is 358 g/mol. The van der Waals surface area contributed by atoms with Gasteiger partial charge in [0, 0.05) is 7.05 Å². The number of carbonyl (C=O) groups excluding carboxylic acids is 2. The first kappa shape index (κ1) is 19.1. The van der Waals surface area contributed by atoms with Crippen molar-refractivity contribution in [3.8, 4) is 5.75 Å². The first-order chi connectivity index (χ1) is 12.3. The topological polar surface area (TPSA) is 114 Å². The van der Waals surface area contributed by atoms with E-state index in [1.54, 1.807) is 24.3 Å². The fourth-order valence-electron chi connectivity index (χ4n) is 1.82. The first-order valence-electron chi connectivity index (χ1n) is 7.48. The molecule has 2 rings (SSSR count). The molecule has 0 unspecified atom stereocenters. The normalized spacial score (nSPS) is 11.2.